The van der Waals surface area contributed by atoms with Crippen LogP contribution in [0.25, 0.3) is 0 Å². The largest absolute Gasteiger partial charge is 0.384 e. The summed E-state index contributed by atoms with van der Waals surface area (Å²) >= 11 is 0. The van der Waals surface area contributed by atoms with Crippen molar-refractivity contribution in [2.75, 3.05) is 18.9 Å². The molecule has 0 aromatic carbocycles. The van der Waals surface area contributed by atoms with Crippen molar-refractivity contribution in [1.29, 1.82) is 0 Å². The van der Waals surface area contributed by atoms with E-state index in [0.29, 0.717) is 5.92 Å². The minimum absolute atomic E-state index is 0. The molecule has 2 N–H and O–H groups in total. The zero-order chi connectivity index (χ0) is 9.10. The van der Waals surface area contributed by atoms with Gasteiger partial charge in [0.2, 0.25) is 0 Å². The summed E-state index contributed by atoms with van der Waals surface area (Å²) in [6.07, 6.45) is 3.99. The third-order valence-electron chi connectivity index (χ3n) is 2.52. The number of anilines is 1. The second-order valence-electron chi connectivity index (χ2n) is 3.49. The van der Waals surface area contributed by atoms with Gasteiger partial charge in [-0.05, 0) is 24.8 Å². The van der Waals surface area contributed by atoms with E-state index in [1.54, 1.807) is 6.20 Å². The van der Waals surface area contributed by atoms with Crippen LogP contribution < -0.4 is 5.73 Å². The maximum absolute atomic E-state index is 5.73. The molecule has 1 aromatic heterocycles. The lowest BCUT2D eigenvalue weighted by Gasteiger charge is -2.22. The molecule has 0 saturated carbocycles. The van der Waals surface area contributed by atoms with Crippen LogP contribution in [0.2, 0.25) is 0 Å². The molecule has 0 aliphatic carbocycles. The summed E-state index contributed by atoms with van der Waals surface area (Å²) in [4.78, 5) is 0. The van der Waals surface area contributed by atoms with Crippen molar-refractivity contribution in [2.45, 2.75) is 19.4 Å². The molecule has 14 heavy (non-hydrogen) atoms. The minimum atomic E-state index is 0. The molecular formula is C9H16ClN3O. The molecule has 5 heteroatoms. The van der Waals surface area contributed by atoms with Crippen LogP contribution in [0.5, 0.6) is 0 Å². The number of hydrogen-bond acceptors (Lipinski definition) is 3. The highest BCUT2D eigenvalue weighted by molar-refractivity contribution is 5.85. The fraction of sp³-hybridized carbons (Fsp3) is 0.667. The predicted molar refractivity (Wildman–Crippen MR) is 57.4 cm³/mol. The van der Waals surface area contributed by atoms with Crippen molar-refractivity contribution >= 4 is 18.2 Å². The van der Waals surface area contributed by atoms with E-state index in [1.807, 2.05) is 10.7 Å². The van der Waals surface area contributed by atoms with Crippen LogP contribution in [0, 0.1) is 5.92 Å². The summed E-state index contributed by atoms with van der Waals surface area (Å²) in [5.41, 5.74) is 5.73. The molecule has 0 unspecified atom stereocenters. The van der Waals surface area contributed by atoms with Crippen LogP contribution in [-0.4, -0.2) is 23.0 Å². The maximum Gasteiger partial charge on any atom is 0.121 e. The molecule has 0 amide bonds. The normalized spacial score (nSPS) is 17.7. The molecule has 4 nitrogen and oxygen atoms in total. The molecule has 80 valence electrons. The van der Waals surface area contributed by atoms with Gasteiger partial charge in [0.05, 0.1) is 6.20 Å². The molecule has 2 rings (SSSR count). The molecule has 0 radical (unpaired) electrons. The first-order valence-corrected chi connectivity index (χ1v) is 4.71. The lowest BCUT2D eigenvalue weighted by atomic mass is 10.0. The summed E-state index contributed by atoms with van der Waals surface area (Å²) in [5, 5.41) is 4.16. The van der Waals surface area contributed by atoms with Crippen molar-refractivity contribution in [2.24, 2.45) is 5.92 Å². The van der Waals surface area contributed by atoms with E-state index in [1.165, 1.54) is 0 Å². The molecule has 2 heterocycles. The SMILES string of the molecule is Cl.Nc1ccnn1CC1CCOCC1. The van der Waals surface area contributed by atoms with Gasteiger partial charge < -0.3 is 10.5 Å². The van der Waals surface area contributed by atoms with Gasteiger partial charge in [0.25, 0.3) is 0 Å². The molecule has 0 atom stereocenters. The van der Waals surface area contributed by atoms with Gasteiger partial charge in [0.15, 0.2) is 0 Å². The monoisotopic (exact) mass is 217 g/mol. The standard InChI is InChI=1S/C9H15N3O.ClH/c10-9-1-4-11-12(9)7-8-2-5-13-6-3-8;/h1,4,8H,2-3,5-7,10H2;1H. The fourth-order valence-corrected chi connectivity index (χ4v) is 1.67. The molecule has 1 aliphatic rings. The number of rotatable bonds is 2. The second kappa shape index (κ2) is 5.22. The third kappa shape index (κ3) is 2.62. The average Bonchev–Trinajstić information content (AvgIpc) is 2.54. The average molecular weight is 218 g/mol. The van der Waals surface area contributed by atoms with Crippen molar-refractivity contribution < 1.29 is 4.74 Å². The molecule has 1 aliphatic heterocycles. The van der Waals surface area contributed by atoms with E-state index in [-0.39, 0.29) is 12.4 Å². The number of nitrogens with two attached hydrogens (primary N) is 1. The van der Waals surface area contributed by atoms with Crippen molar-refractivity contribution in [3.63, 3.8) is 0 Å². The lowest BCUT2D eigenvalue weighted by Crippen LogP contribution is -2.21. The summed E-state index contributed by atoms with van der Waals surface area (Å²) < 4.78 is 7.16. The molecule has 0 bridgehead atoms. The van der Waals surface area contributed by atoms with Crippen LogP contribution in [0.4, 0.5) is 5.82 Å². The first-order valence-electron chi connectivity index (χ1n) is 4.71. The Morgan fingerprint density at radius 2 is 2.21 bits per heavy atom. The summed E-state index contributed by atoms with van der Waals surface area (Å²) in [7, 11) is 0. The number of nitrogen functional groups attached to an aromatic ring is 1. The third-order valence-corrected chi connectivity index (χ3v) is 2.52. The van der Waals surface area contributed by atoms with Gasteiger partial charge in [-0.15, -0.1) is 12.4 Å². The van der Waals surface area contributed by atoms with E-state index in [2.05, 4.69) is 5.10 Å². The Kier molecular flexibility index (Phi) is 4.22. The number of ether oxygens (including phenoxy) is 1. The maximum atomic E-state index is 5.73. The van der Waals surface area contributed by atoms with Crippen LogP contribution >= 0.6 is 12.4 Å². The Labute approximate surface area is 89.8 Å². The Morgan fingerprint density at radius 1 is 1.50 bits per heavy atom. The van der Waals surface area contributed by atoms with Gasteiger partial charge in [-0.2, -0.15) is 5.10 Å². The molecule has 1 aromatic rings. The van der Waals surface area contributed by atoms with E-state index < -0.39 is 0 Å². The van der Waals surface area contributed by atoms with Gasteiger partial charge in [-0.25, -0.2) is 4.68 Å². The highest BCUT2D eigenvalue weighted by atomic mass is 35.5. The van der Waals surface area contributed by atoms with Gasteiger partial charge in [0.1, 0.15) is 5.82 Å². The fourth-order valence-electron chi connectivity index (χ4n) is 1.67. The number of hydrogen-bond donors (Lipinski definition) is 1. The van der Waals surface area contributed by atoms with Gasteiger partial charge >= 0.3 is 0 Å². The van der Waals surface area contributed by atoms with Crippen molar-refractivity contribution in [1.82, 2.24) is 9.78 Å². The highest BCUT2D eigenvalue weighted by Gasteiger charge is 2.15. The zero-order valence-corrected chi connectivity index (χ0v) is 8.87. The van der Waals surface area contributed by atoms with Crippen LogP contribution in [-0.2, 0) is 11.3 Å². The topological polar surface area (TPSA) is 53.1 Å². The molecule has 1 fully saturated rings. The number of nitrogens with zero attached hydrogens (tertiary/aromatic N) is 2. The second-order valence-corrected chi connectivity index (χ2v) is 3.49. The lowest BCUT2D eigenvalue weighted by molar-refractivity contribution is 0.0603. The molecule has 1 saturated heterocycles. The molecular weight excluding hydrogens is 202 g/mol. The van der Waals surface area contributed by atoms with Crippen LogP contribution in [0.15, 0.2) is 12.3 Å². The summed E-state index contributed by atoms with van der Waals surface area (Å²) in [6, 6.07) is 1.83. The van der Waals surface area contributed by atoms with Gasteiger partial charge in [0, 0.05) is 19.8 Å². The van der Waals surface area contributed by atoms with E-state index in [4.69, 9.17) is 10.5 Å². The Morgan fingerprint density at radius 3 is 2.79 bits per heavy atom. The van der Waals surface area contributed by atoms with Crippen LogP contribution in [0.1, 0.15) is 12.8 Å². The van der Waals surface area contributed by atoms with E-state index in [0.717, 1.165) is 38.4 Å². The Bertz CT molecular complexity index is 271. The zero-order valence-electron chi connectivity index (χ0n) is 8.06. The van der Waals surface area contributed by atoms with Crippen molar-refractivity contribution in [3.8, 4) is 0 Å². The molecule has 0 spiro atoms. The Balaban J connectivity index is 0.000000980. The minimum Gasteiger partial charge on any atom is -0.384 e. The highest BCUT2D eigenvalue weighted by Crippen LogP contribution is 2.17. The predicted octanol–water partition coefficient (Wildman–Crippen LogP) is 1.31. The first kappa shape index (κ1) is 11.3. The van der Waals surface area contributed by atoms with Gasteiger partial charge in [-0.3, -0.25) is 0 Å². The van der Waals surface area contributed by atoms with Crippen LogP contribution in [0.3, 0.4) is 0 Å². The smallest absolute Gasteiger partial charge is 0.121 e. The summed E-state index contributed by atoms with van der Waals surface area (Å²) in [5.74, 6) is 1.43. The number of aromatic nitrogens is 2. The van der Waals surface area contributed by atoms with E-state index in [9.17, 15) is 0 Å². The van der Waals surface area contributed by atoms with Gasteiger partial charge in [-0.1, -0.05) is 0 Å². The number of halogens is 1. The first-order chi connectivity index (χ1) is 6.36. The van der Waals surface area contributed by atoms with E-state index >= 15 is 0 Å². The Hall–Kier alpha value is -0.740. The van der Waals surface area contributed by atoms with Crippen molar-refractivity contribution in [3.05, 3.63) is 12.3 Å². The summed E-state index contributed by atoms with van der Waals surface area (Å²) in [6.45, 7) is 2.69. The quantitative estimate of drug-likeness (QED) is 0.813.